The summed E-state index contributed by atoms with van der Waals surface area (Å²) in [6.45, 7) is 0.466. The quantitative estimate of drug-likeness (QED) is 0.712. The summed E-state index contributed by atoms with van der Waals surface area (Å²) in [4.78, 5) is 0. The largest absolute Gasteiger partial charge is 0.508 e. The van der Waals surface area contributed by atoms with Crippen LogP contribution in [0, 0.1) is 0 Å². The fourth-order valence-corrected chi connectivity index (χ4v) is 1.90. The van der Waals surface area contributed by atoms with Gasteiger partial charge in [0.1, 0.15) is 5.75 Å². The van der Waals surface area contributed by atoms with Crippen LogP contribution in [0.1, 0.15) is 5.56 Å². The maximum absolute atomic E-state index is 9.51. The van der Waals surface area contributed by atoms with E-state index in [0.29, 0.717) is 12.4 Å². The minimum Gasteiger partial charge on any atom is -0.508 e. The summed E-state index contributed by atoms with van der Waals surface area (Å²) < 4.78 is 1.87. The highest BCUT2D eigenvalue weighted by molar-refractivity contribution is 5.61. The van der Waals surface area contributed by atoms with E-state index in [9.17, 15) is 5.11 Å². The number of nitrogens with two attached hydrogens (primary N) is 1. The summed E-state index contributed by atoms with van der Waals surface area (Å²) in [5.74, 6) is 0.899. The summed E-state index contributed by atoms with van der Waals surface area (Å²) in [7, 11) is 0. The van der Waals surface area contributed by atoms with Crippen LogP contribution in [0.25, 0.3) is 17.0 Å². The van der Waals surface area contributed by atoms with Crippen LogP contribution in [0.3, 0.4) is 0 Å². The first-order valence-electron chi connectivity index (χ1n) is 5.61. The molecule has 5 nitrogen and oxygen atoms in total. The summed E-state index contributed by atoms with van der Waals surface area (Å²) in [6.07, 6.45) is 1.91. The number of aromatic nitrogens is 3. The third-order valence-corrected chi connectivity index (χ3v) is 2.80. The second kappa shape index (κ2) is 4.12. The summed E-state index contributed by atoms with van der Waals surface area (Å²) in [5.41, 5.74) is 8.20. The number of pyridine rings is 1. The molecule has 0 radical (unpaired) electrons. The van der Waals surface area contributed by atoms with E-state index < -0.39 is 0 Å². The van der Waals surface area contributed by atoms with Crippen molar-refractivity contribution in [2.45, 2.75) is 6.54 Å². The number of aromatic hydroxyl groups is 1. The van der Waals surface area contributed by atoms with Gasteiger partial charge in [-0.15, -0.1) is 10.2 Å². The Bertz CT molecular complexity index is 705. The Balaban J connectivity index is 2.22. The van der Waals surface area contributed by atoms with Crippen molar-refractivity contribution >= 4 is 5.65 Å². The van der Waals surface area contributed by atoms with Crippen molar-refractivity contribution in [3.05, 3.63) is 48.2 Å². The van der Waals surface area contributed by atoms with Crippen LogP contribution < -0.4 is 5.73 Å². The van der Waals surface area contributed by atoms with Gasteiger partial charge in [0.2, 0.25) is 0 Å². The highest BCUT2D eigenvalue weighted by atomic mass is 16.3. The number of nitrogens with zero attached hydrogens (tertiary/aromatic N) is 3. The first-order valence-corrected chi connectivity index (χ1v) is 5.61. The van der Waals surface area contributed by atoms with E-state index in [1.165, 1.54) is 0 Å². The van der Waals surface area contributed by atoms with Crippen LogP contribution >= 0.6 is 0 Å². The van der Waals surface area contributed by atoms with Gasteiger partial charge in [-0.05, 0) is 23.8 Å². The first-order chi connectivity index (χ1) is 8.78. The van der Waals surface area contributed by atoms with Gasteiger partial charge in [-0.3, -0.25) is 4.40 Å². The number of hydrogen-bond acceptors (Lipinski definition) is 4. The van der Waals surface area contributed by atoms with E-state index in [4.69, 9.17) is 5.73 Å². The van der Waals surface area contributed by atoms with Crippen molar-refractivity contribution in [3.8, 4) is 17.1 Å². The highest BCUT2D eigenvalue weighted by Crippen LogP contribution is 2.22. The molecule has 0 amide bonds. The Hall–Kier alpha value is -2.40. The van der Waals surface area contributed by atoms with Crippen molar-refractivity contribution in [3.63, 3.8) is 0 Å². The molecule has 3 N–H and O–H groups in total. The van der Waals surface area contributed by atoms with Gasteiger partial charge in [0.15, 0.2) is 11.5 Å². The second-order valence-electron chi connectivity index (χ2n) is 4.04. The zero-order valence-corrected chi connectivity index (χ0v) is 9.61. The third kappa shape index (κ3) is 1.70. The molecule has 18 heavy (non-hydrogen) atoms. The maximum Gasteiger partial charge on any atom is 0.168 e. The minimum absolute atomic E-state index is 0.208. The molecule has 90 valence electrons. The fourth-order valence-electron chi connectivity index (χ4n) is 1.90. The van der Waals surface area contributed by atoms with Gasteiger partial charge in [0.05, 0.1) is 0 Å². The third-order valence-electron chi connectivity index (χ3n) is 2.80. The zero-order chi connectivity index (χ0) is 12.5. The van der Waals surface area contributed by atoms with Crippen LogP contribution in [0.5, 0.6) is 5.75 Å². The molecule has 0 unspecified atom stereocenters. The molecule has 1 aromatic carbocycles. The van der Waals surface area contributed by atoms with Gasteiger partial charge in [-0.2, -0.15) is 0 Å². The average Bonchev–Trinajstić information content (AvgIpc) is 2.81. The summed E-state index contributed by atoms with van der Waals surface area (Å²) in [6, 6.07) is 10.7. The molecule has 0 saturated carbocycles. The molecule has 2 heterocycles. The molecule has 0 saturated heterocycles. The van der Waals surface area contributed by atoms with E-state index in [1.54, 1.807) is 18.2 Å². The summed E-state index contributed by atoms with van der Waals surface area (Å²) >= 11 is 0. The Morgan fingerprint density at radius 2 is 2.06 bits per heavy atom. The van der Waals surface area contributed by atoms with Crippen molar-refractivity contribution < 1.29 is 5.11 Å². The molecule has 3 rings (SSSR count). The Kier molecular flexibility index (Phi) is 2.46. The maximum atomic E-state index is 9.51. The normalized spacial score (nSPS) is 10.9. The molecule has 0 bridgehead atoms. The van der Waals surface area contributed by atoms with Gasteiger partial charge in [-0.25, -0.2) is 0 Å². The van der Waals surface area contributed by atoms with Gasteiger partial charge < -0.3 is 10.8 Å². The van der Waals surface area contributed by atoms with Crippen LogP contribution in [0.4, 0.5) is 0 Å². The van der Waals surface area contributed by atoms with Crippen molar-refractivity contribution in [1.82, 2.24) is 14.6 Å². The average molecular weight is 240 g/mol. The van der Waals surface area contributed by atoms with E-state index in [-0.39, 0.29) is 5.75 Å². The predicted octanol–water partition coefficient (Wildman–Crippen LogP) is 1.56. The van der Waals surface area contributed by atoms with Crippen molar-refractivity contribution in [2.24, 2.45) is 5.73 Å². The highest BCUT2D eigenvalue weighted by Gasteiger charge is 2.08. The zero-order valence-electron chi connectivity index (χ0n) is 9.61. The molecule has 0 aliphatic heterocycles. The Morgan fingerprint density at radius 1 is 1.17 bits per heavy atom. The van der Waals surface area contributed by atoms with Crippen molar-refractivity contribution in [2.75, 3.05) is 0 Å². The molecular weight excluding hydrogens is 228 g/mol. The molecule has 0 aliphatic carbocycles. The number of benzene rings is 1. The van der Waals surface area contributed by atoms with Crippen LogP contribution in [-0.2, 0) is 6.54 Å². The first kappa shape index (κ1) is 10.7. The second-order valence-corrected chi connectivity index (χ2v) is 4.04. The minimum atomic E-state index is 0.208. The molecule has 0 fully saturated rings. The smallest absolute Gasteiger partial charge is 0.168 e. The lowest BCUT2D eigenvalue weighted by molar-refractivity contribution is 0.475. The summed E-state index contributed by atoms with van der Waals surface area (Å²) in [5, 5.41) is 17.7. The number of hydrogen-bond donors (Lipinski definition) is 2. The van der Waals surface area contributed by atoms with Gasteiger partial charge in [-0.1, -0.05) is 18.2 Å². The van der Waals surface area contributed by atoms with Crippen LogP contribution in [0.2, 0.25) is 0 Å². The standard InChI is InChI=1S/C13H12N4O/c14-7-9-4-5-12-15-16-13(17(12)8-9)10-2-1-3-11(18)6-10/h1-6,8,18H,7,14H2. The Labute approximate surface area is 104 Å². The predicted molar refractivity (Wildman–Crippen MR) is 68.0 cm³/mol. The molecule has 5 heteroatoms. The van der Waals surface area contributed by atoms with Gasteiger partial charge in [0.25, 0.3) is 0 Å². The number of rotatable bonds is 2. The van der Waals surface area contributed by atoms with Crippen LogP contribution in [0.15, 0.2) is 42.6 Å². The fraction of sp³-hybridized carbons (Fsp3) is 0.0769. The number of phenols is 1. The lowest BCUT2D eigenvalue weighted by Gasteiger charge is -2.02. The van der Waals surface area contributed by atoms with E-state index >= 15 is 0 Å². The Morgan fingerprint density at radius 3 is 2.83 bits per heavy atom. The van der Waals surface area contributed by atoms with Crippen molar-refractivity contribution in [1.29, 1.82) is 0 Å². The monoisotopic (exact) mass is 240 g/mol. The van der Waals surface area contributed by atoms with Crippen LogP contribution in [-0.4, -0.2) is 19.7 Å². The molecule has 0 atom stereocenters. The SMILES string of the molecule is NCc1ccc2nnc(-c3cccc(O)c3)n2c1. The van der Waals surface area contributed by atoms with Gasteiger partial charge in [0, 0.05) is 18.3 Å². The lowest BCUT2D eigenvalue weighted by atomic mass is 10.2. The molecule has 3 aromatic rings. The number of phenolic OH excluding ortho intramolecular Hbond substituents is 1. The molecule has 2 aromatic heterocycles. The molecular formula is C13H12N4O. The van der Waals surface area contributed by atoms with Gasteiger partial charge >= 0.3 is 0 Å². The van der Waals surface area contributed by atoms with E-state index in [2.05, 4.69) is 10.2 Å². The topological polar surface area (TPSA) is 76.4 Å². The van der Waals surface area contributed by atoms with E-state index in [1.807, 2.05) is 28.8 Å². The van der Waals surface area contributed by atoms with E-state index in [0.717, 1.165) is 16.8 Å². The lowest BCUT2D eigenvalue weighted by Crippen LogP contribution is -1.99. The molecule has 0 spiro atoms. The molecule has 0 aliphatic rings. The number of fused-ring (bicyclic) bond motifs is 1.